The van der Waals surface area contributed by atoms with Gasteiger partial charge in [0.15, 0.2) is 0 Å². The highest BCUT2D eigenvalue weighted by Gasteiger charge is 2.25. The topological polar surface area (TPSA) is 8.17 Å². The molecule has 0 unspecified atom stereocenters. The molecule has 2 nitrogen and oxygen atoms in total. The zero-order valence-electron chi connectivity index (χ0n) is 29.7. The van der Waals surface area contributed by atoms with Crippen LogP contribution in [0.25, 0.3) is 71.6 Å². The van der Waals surface area contributed by atoms with Gasteiger partial charge in [-0.15, -0.1) is 0 Å². The van der Waals surface area contributed by atoms with E-state index in [1.165, 1.54) is 49.3 Å². The first-order valence-electron chi connectivity index (χ1n) is 18.5. The van der Waals surface area contributed by atoms with Gasteiger partial charge in [0.05, 0.1) is 28.1 Å². The molecule has 0 atom stereocenters. The van der Waals surface area contributed by atoms with Crippen LogP contribution in [0.2, 0.25) is 0 Å². The highest BCUT2D eigenvalue weighted by Crippen LogP contribution is 2.49. The van der Waals surface area contributed by atoms with Crippen LogP contribution < -0.4 is 4.90 Å². The number of aromatic nitrogens is 1. The molecule has 0 N–H and O–H groups in total. The molecule has 254 valence electrons. The summed E-state index contributed by atoms with van der Waals surface area (Å²) in [6.07, 6.45) is 0. The first-order chi connectivity index (χ1) is 26.8. The largest absolute Gasteiger partial charge is 0.309 e. The van der Waals surface area contributed by atoms with Gasteiger partial charge >= 0.3 is 0 Å². The van der Waals surface area contributed by atoms with Crippen molar-refractivity contribution in [3.8, 4) is 39.1 Å². The van der Waals surface area contributed by atoms with E-state index in [-0.39, 0.29) is 0 Å². The minimum atomic E-state index is 1.11. The Morgan fingerprint density at radius 1 is 0.315 bits per heavy atom. The Morgan fingerprint density at radius 3 is 1.65 bits per heavy atom. The zero-order chi connectivity index (χ0) is 35.8. The second kappa shape index (κ2) is 13.4. The maximum absolute atomic E-state index is 2.50. The molecule has 0 bridgehead atoms. The van der Waals surface area contributed by atoms with Crippen LogP contribution in [0.5, 0.6) is 0 Å². The minimum Gasteiger partial charge on any atom is -0.309 e. The van der Waals surface area contributed by atoms with E-state index in [1.807, 2.05) is 0 Å². The summed E-state index contributed by atoms with van der Waals surface area (Å²) in [7, 11) is 0. The van der Waals surface area contributed by atoms with Gasteiger partial charge < -0.3 is 9.47 Å². The van der Waals surface area contributed by atoms with E-state index in [0.717, 1.165) is 39.4 Å². The average molecular weight is 689 g/mol. The smallest absolute Gasteiger partial charge is 0.0562 e. The highest BCUT2D eigenvalue weighted by molar-refractivity contribution is 6.17. The van der Waals surface area contributed by atoms with Crippen molar-refractivity contribution >= 4 is 49.6 Å². The van der Waals surface area contributed by atoms with Crippen LogP contribution in [0.1, 0.15) is 0 Å². The van der Waals surface area contributed by atoms with Crippen LogP contribution in [0, 0.1) is 0 Å². The molecule has 0 fully saturated rings. The lowest BCUT2D eigenvalue weighted by Crippen LogP contribution is -2.13. The van der Waals surface area contributed by atoms with Gasteiger partial charge in [0.1, 0.15) is 0 Å². The summed E-state index contributed by atoms with van der Waals surface area (Å²) in [4.78, 5) is 2.50. The number of rotatable bonds is 7. The maximum atomic E-state index is 2.50. The van der Waals surface area contributed by atoms with Gasteiger partial charge in [0.25, 0.3) is 0 Å². The van der Waals surface area contributed by atoms with Crippen LogP contribution in [-0.2, 0) is 0 Å². The lowest BCUT2D eigenvalue weighted by molar-refractivity contribution is 1.18. The van der Waals surface area contributed by atoms with Crippen molar-refractivity contribution in [1.82, 2.24) is 4.57 Å². The second-order valence-corrected chi connectivity index (χ2v) is 13.7. The SMILES string of the molecule is c1ccc(-c2ccccc2N(c2ccc(-c3cccc4ccccc34)cc2-c2ccccc2)c2cccc3c2c2ccccc2n3-c2ccccc2)cc1. The molecule has 9 aromatic carbocycles. The molecule has 2 heteroatoms. The van der Waals surface area contributed by atoms with E-state index in [4.69, 9.17) is 0 Å². The molecule has 10 aromatic rings. The van der Waals surface area contributed by atoms with Crippen molar-refractivity contribution in [2.24, 2.45) is 0 Å². The van der Waals surface area contributed by atoms with E-state index in [9.17, 15) is 0 Å². The highest BCUT2D eigenvalue weighted by atomic mass is 15.2. The molecule has 0 saturated heterocycles. The van der Waals surface area contributed by atoms with Gasteiger partial charge in [-0.25, -0.2) is 0 Å². The molecule has 0 aliphatic carbocycles. The summed E-state index contributed by atoms with van der Waals surface area (Å²) in [5.74, 6) is 0. The molecule has 54 heavy (non-hydrogen) atoms. The van der Waals surface area contributed by atoms with Gasteiger partial charge in [-0.3, -0.25) is 0 Å². The summed E-state index contributed by atoms with van der Waals surface area (Å²) in [5.41, 5.74) is 13.9. The number of nitrogens with zero attached hydrogens (tertiary/aromatic N) is 2. The molecule has 0 aliphatic heterocycles. The molecule has 0 saturated carbocycles. The summed E-state index contributed by atoms with van der Waals surface area (Å²) < 4.78 is 2.40. The van der Waals surface area contributed by atoms with Crippen LogP contribution in [0.3, 0.4) is 0 Å². The van der Waals surface area contributed by atoms with Crippen LogP contribution in [-0.4, -0.2) is 4.57 Å². The number of fused-ring (bicyclic) bond motifs is 4. The fourth-order valence-electron chi connectivity index (χ4n) is 8.19. The van der Waals surface area contributed by atoms with Crippen molar-refractivity contribution < 1.29 is 0 Å². The van der Waals surface area contributed by atoms with Gasteiger partial charge in [-0.05, 0) is 81.6 Å². The van der Waals surface area contributed by atoms with Gasteiger partial charge in [-0.2, -0.15) is 0 Å². The molecule has 0 amide bonds. The molecule has 0 aliphatic rings. The fourth-order valence-corrected chi connectivity index (χ4v) is 8.19. The van der Waals surface area contributed by atoms with Crippen molar-refractivity contribution in [3.05, 3.63) is 218 Å². The Labute approximate surface area is 315 Å². The molecule has 10 rings (SSSR count). The Bertz CT molecular complexity index is 2920. The first kappa shape index (κ1) is 31.6. The maximum Gasteiger partial charge on any atom is 0.0562 e. The number of hydrogen-bond donors (Lipinski definition) is 0. The Morgan fingerprint density at radius 2 is 0.852 bits per heavy atom. The predicted octanol–water partition coefficient (Wildman–Crippen LogP) is 14.4. The van der Waals surface area contributed by atoms with Crippen molar-refractivity contribution in [1.29, 1.82) is 0 Å². The fraction of sp³-hybridized carbons (Fsp3) is 0. The van der Waals surface area contributed by atoms with E-state index < -0.39 is 0 Å². The Hall–Kier alpha value is -7.16. The van der Waals surface area contributed by atoms with E-state index >= 15 is 0 Å². The third-order valence-corrected chi connectivity index (χ3v) is 10.6. The number of benzene rings is 9. The minimum absolute atomic E-state index is 1.11. The average Bonchev–Trinajstić information content (AvgIpc) is 3.60. The summed E-state index contributed by atoms with van der Waals surface area (Å²) in [6.45, 7) is 0. The normalized spacial score (nSPS) is 11.3. The molecule has 0 spiro atoms. The van der Waals surface area contributed by atoms with E-state index in [2.05, 4.69) is 228 Å². The van der Waals surface area contributed by atoms with Crippen LogP contribution in [0.15, 0.2) is 218 Å². The third-order valence-electron chi connectivity index (χ3n) is 10.6. The third kappa shape index (κ3) is 5.36. The summed E-state index contributed by atoms with van der Waals surface area (Å²) >= 11 is 0. The van der Waals surface area contributed by atoms with Gasteiger partial charge in [-0.1, -0.05) is 170 Å². The monoisotopic (exact) mass is 688 g/mol. The first-order valence-corrected chi connectivity index (χ1v) is 18.5. The van der Waals surface area contributed by atoms with E-state index in [0.29, 0.717) is 0 Å². The Balaban J connectivity index is 1.31. The standard InChI is InChI=1S/C52H36N2/c1-4-18-38(19-5-1)44-27-12-14-30-47(44)54(51-33-17-32-50-52(51)45-28-13-15-31-48(45)53(50)41-24-8-3-9-25-41)49-35-34-40(36-46(49)39-20-6-2-7-21-39)43-29-16-23-37-22-10-11-26-42(37)43/h1-36H. The lowest BCUT2D eigenvalue weighted by atomic mass is 9.93. The zero-order valence-corrected chi connectivity index (χ0v) is 29.7. The van der Waals surface area contributed by atoms with Gasteiger partial charge in [0, 0.05) is 27.6 Å². The van der Waals surface area contributed by atoms with E-state index in [1.54, 1.807) is 0 Å². The molecule has 1 aromatic heterocycles. The van der Waals surface area contributed by atoms with Crippen LogP contribution in [0.4, 0.5) is 17.1 Å². The Kier molecular flexibility index (Phi) is 7.85. The summed E-state index contributed by atoms with van der Waals surface area (Å²) in [6, 6.07) is 79.0. The second-order valence-electron chi connectivity index (χ2n) is 13.7. The molecule has 0 radical (unpaired) electrons. The molecular formula is C52H36N2. The van der Waals surface area contributed by atoms with Crippen molar-refractivity contribution in [3.63, 3.8) is 0 Å². The number of anilines is 3. The number of hydrogen-bond acceptors (Lipinski definition) is 1. The lowest BCUT2D eigenvalue weighted by Gasteiger charge is -2.31. The molecule has 1 heterocycles. The summed E-state index contributed by atoms with van der Waals surface area (Å²) in [5, 5.41) is 4.90. The predicted molar refractivity (Wildman–Crippen MR) is 229 cm³/mol. The number of para-hydroxylation sites is 3. The molecular weight excluding hydrogens is 653 g/mol. The van der Waals surface area contributed by atoms with Crippen molar-refractivity contribution in [2.45, 2.75) is 0 Å². The van der Waals surface area contributed by atoms with Crippen molar-refractivity contribution in [2.75, 3.05) is 4.90 Å². The van der Waals surface area contributed by atoms with Crippen LogP contribution >= 0.6 is 0 Å². The van der Waals surface area contributed by atoms with Gasteiger partial charge in [0.2, 0.25) is 0 Å². The quantitative estimate of drug-likeness (QED) is 0.162.